The van der Waals surface area contributed by atoms with Crippen molar-refractivity contribution in [1.29, 1.82) is 0 Å². The molecule has 2 atom stereocenters. The Hall–Kier alpha value is -2.35. The smallest absolute Gasteiger partial charge is 0.315 e. The lowest BCUT2D eigenvalue weighted by Crippen LogP contribution is -2.50. The average Bonchev–Trinajstić information content (AvgIpc) is 3.00. The zero-order valence-corrected chi connectivity index (χ0v) is 16.4. The van der Waals surface area contributed by atoms with E-state index in [1.54, 1.807) is 6.07 Å². The lowest BCUT2D eigenvalue weighted by molar-refractivity contribution is -0.119. The number of urea groups is 1. The minimum Gasteiger partial charge on any atom is -0.393 e. The van der Waals surface area contributed by atoms with Gasteiger partial charge in [-0.25, -0.2) is 9.18 Å². The maximum absolute atomic E-state index is 13.9. The normalized spacial score (nSPS) is 24.0. The summed E-state index contributed by atoms with van der Waals surface area (Å²) in [4.78, 5) is 25.9. The van der Waals surface area contributed by atoms with Gasteiger partial charge in [-0.2, -0.15) is 0 Å². The highest BCUT2D eigenvalue weighted by Gasteiger charge is 2.33. The van der Waals surface area contributed by atoms with Crippen molar-refractivity contribution in [3.8, 4) is 0 Å². The predicted octanol–water partition coefficient (Wildman–Crippen LogP) is 1.82. The van der Waals surface area contributed by atoms with Gasteiger partial charge in [0.25, 0.3) is 0 Å². The Morgan fingerprint density at radius 1 is 1.43 bits per heavy atom. The first-order valence-corrected chi connectivity index (χ1v) is 9.83. The summed E-state index contributed by atoms with van der Waals surface area (Å²) in [6, 6.07) is 3.83. The van der Waals surface area contributed by atoms with Gasteiger partial charge < -0.3 is 26.0 Å². The van der Waals surface area contributed by atoms with Gasteiger partial charge in [-0.15, -0.1) is 0 Å². The van der Waals surface area contributed by atoms with E-state index in [1.807, 2.05) is 13.8 Å². The van der Waals surface area contributed by atoms with Crippen LogP contribution in [0.1, 0.15) is 51.1 Å². The molecule has 0 saturated carbocycles. The van der Waals surface area contributed by atoms with Crippen molar-refractivity contribution in [3.05, 3.63) is 29.6 Å². The summed E-state index contributed by atoms with van der Waals surface area (Å²) in [6.45, 7) is 5.43. The van der Waals surface area contributed by atoms with Crippen LogP contribution in [0.15, 0.2) is 18.2 Å². The fraction of sp³-hybridized carbons (Fsp3) is 0.600. The highest BCUT2D eigenvalue weighted by Crippen LogP contribution is 2.29. The molecule has 1 aromatic carbocycles. The number of hydrogen-bond donors (Lipinski definition) is 4. The summed E-state index contributed by atoms with van der Waals surface area (Å²) in [5.74, 6) is -0.361. The Labute approximate surface area is 164 Å². The third kappa shape index (κ3) is 4.92. The minimum atomic E-state index is -0.434. The second-order valence-corrected chi connectivity index (χ2v) is 8.08. The number of nitrogens with one attached hydrogen (secondary N) is 3. The Balaban J connectivity index is 1.63. The standard InChI is InChI=1S/C20H29FN4O3/c1-13(23-19(28)22-12-20(2)8-5-18(27)24-20)16-11-14(21)3-4-17(16)25-9-6-15(26)7-10-25/h3-4,11,13,15,26H,5-10,12H2,1-2H3,(H,24,27)(H2,22,23,28). The van der Waals surface area contributed by atoms with Gasteiger partial charge >= 0.3 is 6.03 Å². The molecule has 3 amide bonds. The van der Waals surface area contributed by atoms with Gasteiger partial charge in [0.1, 0.15) is 5.82 Å². The lowest BCUT2D eigenvalue weighted by atomic mass is 10.0. The summed E-state index contributed by atoms with van der Waals surface area (Å²) in [5, 5.41) is 18.3. The van der Waals surface area contributed by atoms with Gasteiger partial charge in [0.2, 0.25) is 5.91 Å². The number of aliphatic hydroxyl groups is 1. The number of nitrogens with zero attached hydrogens (tertiary/aromatic N) is 1. The van der Waals surface area contributed by atoms with E-state index in [4.69, 9.17) is 0 Å². The topological polar surface area (TPSA) is 93.7 Å². The second kappa shape index (κ2) is 8.34. The molecule has 0 bridgehead atoms. The molecule has 4 N–H and O–H groups in total. The molecule has 0 spiro atoms. The quantitative estimate of drug-likeness (QED) is 0.615. The van der Waals surface area contributed by atoms with Crippen LogP contribution in [0.3, 0.4) is 0 Å². The molecule has 2 unspecified atom stereocenters. The number of carbonyl (C=O) groups excluding carboxylic acids is 2. The minimum absolute atomic E-state index is 0.00544. The van der Waals surface area contributed by atoms with Crippen LogP contribution in [0.5, 0.6) is 0 Å². The Morgan fingerprint density at radius 2 is 2.14 bits per heavy atom. The number of amides is 3. The van der Waals surface area contributed by atoms with Crippen LogP contribution in [-0.2, 0) is 4.79 Å². The molecule has 3 rings (SSSR count). The number of carbonyl (C=O) groups is 2. The SMILES string of the molecule is CC(NC(=O)NCC1(C)CCC(=O)N1)c1cc(F)ccc1N1CCC(O)CC1. The number of aliphatic hydroxyl groups excluding tert-OH is 1. The van der Waals surface area contributed by atoms with E-state index >= 15 is 0 Å². The molecule has 1 aromatic rings. The van der Waals surface area contributed by atoms with E-state index in [9.17, 15) is 19.1 Å². The summed E-state index contributed by atoms with van der Waals surface area (Å²) in [5.41, 5.74) is 1.14. The largest absolute Gasteiger partial charge is 0.393 e. The first-order valence-electron chi connectivity index (χ1n) is 9.83. The molecule has 2 aliphatic rings. The fourth-order valence-corrected chi connectivity index (χ4v) is 3.85. The second-order valence-electron chi connectivity index (χ2n) is 8.08. The molecule has 2 aliphatic heterocycles. The first-order chi connectivity index (χ1) is 13.3. The van der Waals surface area contributed by atoms with Crippen molar-refractivity contribution in [1.82, 2.24) is 16.0 Å². The van der Waals surface area contributed by atoms with E-state index in [2.05, 4.69) is 20.9 Å². The molecule has 8 heteroatoms. The Morgan fingerprint density at radius 3 is 2.79 bits per heavy atom. The van der Waals surface area contributed by atoms with Gasteiger partial charge in [0.15, 0.2) is 0 Å². The summed E-state index contributed by atoms with van der Waals surface area (Å²) >= 11 is 0. The average molecular weight is 392 g/mol. The maximum atomic E-state index is 13.9. The molecule has 0 radical (unpaired) electrons. The number of benzene rings is 1. The van der Waals surface area contributed by atoms with E-state index in [0.29, 0.717) is 50.9 Å². The number of anilines is 1. The van der Waals surface area contributed by atoms with Gasteiger partial charge in [-0.05, 0) is 51.3 Å². The van der Waals surface area contributed by atoms with Crippen molar-refractivity contribution >= 4 is 17.6 Å². The lowest BCUT2D eigenvalue weighted by Gasteiger charge is -2.34. The van der Waals surface area contributed by atoms with Crippen molar-refractivity contribution < 1.29 is 19.1 Å². The van der Waals surface area contributed by atoms with Crippen LogP contribution in [0.2, 0.25) is 0 Å². The van der Waals surface area contributed by atoms with Crippen molar-refractivity contribution in [2.24, 2.45) is 0 Å². The van der Waals surface area contributed by atoms with E-state index < -0.39 is 11.6 Å². The summed E-state index contributed by atoms with van der Waals surface area (Å²) in [7, 11) is 0. The molecule has 0 aliphatic carbocycles. The molecule has 7 nitrogen and oxygen atoms in total. The number of hydrogen-bond acceptors (Lipinski definition) is 4. The van der Waals surface area contributed by atoms with Crippen LogP contribution in [0, 0.1) is 5.82 Å². The third-order valence-electron chi connectivity index (χ3n) is 5.59. The fourth-order valence-electron chi connectivity index (χ4n) is 3.85. The van der Waals surface area contributed by atoms with E-state index in [1.165, 1.54) is 12.1 Å². The molecule has 28 heavy (non-hydrogen) atoms. The first kappa shape index (κ1) is 20.4. The highest BCUT2D eigenvalue weighted by molar-refractivity contribution is 5.80. The zero-order valence-electron chi connectivity index (χ0n) is 16.4. The number of halogens is 1. The van der Waals surface area contributed by atoms with Crippen LogP contribution < -0.4 is 20.9 Å². The van der Waals surface area contributed by atoms with Crippen molar-refractivity contribution in [2.45, 2.75) is 57.2 Å². The van der Waals surface area contributed by atoms with Crippen LogP contribution in [-0.4, -0.2) is 48.3 Å². The highest BCUT2D eigenvalue weighted by atomic mass is 19.1. The molecule has 2 heterocycles. The molecular formula is C20H29FN4O3. The Kier molecular flexibility index (Phi) is 6.07. The van der Waals surface area contributed by atoms with E-state index in [0.717, 1.165) is 5.69 Å². The predicted molar refractivity (Wildman–Crippen MR) is 105 cm³/mol. The summed E-state index contributed by atoms with van der Waals surface area (Å²) in [6.07, 6.45) is 2.19. The number of rotatable bonds is 5. The maximum Gasteiger partial charge on any atom is 0.315 e. The Bertz CT molecular complexity index is 736. The monoisotopic (exact) mass is 392 g/mol. The van der Waals surface area contributed by atoms with Gasteiger partial charge in [-0.3, -0.25) is 4.79 Å². The molecule has 0 aromatic heterocycles. The molecule has 154 valence electrons. The van der Waals surface area contributed by atoms with Crippen LogP contribution in [0.25, 0.3) is 0 Å². The van der Waals surface area contributed by atoms with Crippen molar-refractivity contribution in [2.75, 3.05) is 24.5 Å². The van der Waals surface area contributed by atoms with Crippen molar-refractivity contribution in [3.63, 3.8) is 0 Å². The van der Waals surface area contributed by atoms with Crippen LogP contribution >= 0.6 is 0 Å². The summed E-state index contributed by atoms with van der Waals surface area (Å²) < 4.78 is 13.9. The van der Waals surface area contributed by atoms with Gasteiger partial charge in [0.05, 0.1) is 17.7 Å². The third-order valence-corrected chi connectivity index (χ3v) is 5.59. The molecule has 2 saturated heterocycles. The zero-order chi connectivity index (χ0) is 20.3. The molecular weight excluding hydrogens is 363 g/mol. The van der Waals surface area contributed by atoms with Crippen LogP contribution in [0.4, 0.5) is 14.9 Å². The molecule has 2 fully saturated rings. The van der Waals surface area contributed by atoms with Gasteiger partial charge in [0, 0.05) is 37.3 Å². The van der Waals surface area contributed by atoms with E-state index in [-0.39, 0.29) is 23.9 Å². The number of piperidine rings is 1. The van der Waals surface area contributed by atoms with Gasteiger partial charge in [-0.1, -0.05) is 0 Å².